The summed E-state index contributed by atoms with van der Waals surface area (Å²) >= 11 is 0. The van der Waals surface area contributed by atoms with E-state index < -0.39 is 5.97 Å². The number of nitrogens with zero attached hydrogens (tertiary/aromatic N) is 3. The van der Waals surface area contributed by atoms with Gasteiger partial charge in [0.2, 0.25) is 0 Å². The summed E-state index contributed by atoms with van der Waals surface area (Å²) in [5, 5.41) is 15.7. The lowest BCUT2D eigenvalue weighted by molar-refractivity contribution is -0.137. The quantitative estimate of drug-likeness (QED) is 0.727. The zero-order chi connectivity index (χ0) is 8.81. The lowest BCUT2D eigenvalue weighted by Gasteiger charge is -1.97. The maximum absolute atomic E-state index is 10.1. The largest absolute Gasteiger partial charge is 0.481 e. The number of rotatable bonds is 5. The minimum Gasteiger partial charge on any atom is -0.481 e. The Labute approximate surface area is 82.2 Å². The molecule has 0 saturated carbocycles. The van der Waals surface area contributed by atoms with E-state index in [0.717, 1.165) is 13.0 Å². The van der Waals surface area contributed by atoms with Crippen molar-refractivity contribution in [2.24, 2.45) is 0 Å². The molecule has 0 bridgehead atoms. The first kappa shape index (κ1) is 11.9. The third-order valence-corrected chi connectivity index (χ3v) is 1.50. The normalized spacial score (nSPS) is 9.23. The topological polar surface area (TPSA) is 68.0 Å². The highest BCUT2D eigenvalue weighted by Crippen LogP contribution is 1.97. The van der Waals surface area contributed by atoms with Gasteiger partial charge in [0.15, 0.2) is 0 Å². The summed E-state index contributed by atoms with van der Waals surface area (Å²) in [5.41, 5.74) is 0. The van der Waals surface area contributed by atoms with Crippen molar-refractivity contribution in [2.45, 2.75) is 25.8 Å². The van der Waals surface area contributed by atoms with E-state index in [9.17, 15) is 4.79 Å². The summed E-state index contributed by atoms with van der Waals surface area (Å²) in [7, 11) is 0. The minimum absolute atomic E-state index is 0. The molecule has 6 heteroatoms. The van der Waals surface area contributed by atoms with Gasteiger partial charge in [-0.05, 0) is 12.8 Å². The number of aliphatic carboxylic acids is 1. The van der Waals surface area contributed by atoms with Gasteiger partial charge in [-0.2, -0.15) is 0 Å². The van der Waals surface area contributed by atoms with Crippen LogP contribution in [0.2, 0.25) is 0 Å². The van der Waals surface area contributed by atoms with Gasteiger partial charge in [0.1, 0.15) is 0 Å². The van der Waals surface area contributed by atoms with Crippen LogP contribution in [-0.2, 0) is 11.3 Å². The molecule has 0 unspecified atom stereocenters. The van der Waals surface area contributed by atoms with Crippen LogP contribution in [0.25, 0.3) is 0 Å². The van der Waals surface area contributed by atoms with Gasteiger partial charge in [0, 0.05) is 19.2 Å². The van der Waals surface area contributed by atoms with Gasteiger partial charge in [-0.15, -0.1) is 17.5 Å². The number of carbonyl (C=O) groups is 1. The van der Waals surface area contributed by atoms with E-state index in [0.29, 0.717) is 6.42 Å². The van der Waals surface area contributed by atoms with Gasteiger partial charge in [-0.1, -0.05) is 5.21 Å². The number of unbranched alkanes of at least 4 members (excludes halogenated alkanes) is 1. The van der Waals surface area contributed by atoms with Crippen LogP contribution in [0.3, 0.4) is 0 Å². The average Bonchev–Trinajstić information content (AvgIpc) is 2.49. The van der Waals surface area contributed by atoms with Crippen LogP contribution in [0.1, 0.15) is 19.3 Å². The Balaban J connectivity index is 0.00000144. The van der Waals surface area contributed by atoms with Crippen LogP contribution >= 0.6 is 12.4 Å². The fourth-order valence-corrected chi connectivity index (χ4v) is 0.902. The van der Waals surface area contributed by atoms with Crippen LogP contribution in [0.4, 0.5) is 0 Å². The molecule has 1 heterocycles. The predicted molar refractivity (Wildman–Crippen MR) is 48.8 cm³/mol. The van der Waals surface area contributed by atoms with Gasteiger partial charge in [-0.25, -0.2) is 0 Å². The molecule has 13 heavy (non-hydrogen) atoms. The van der Waals surface area contributed by atoms with Crippen molar-refractivity contribution in [3.63, 3.8) is 0 Å². The monoisotopic (exact) mass is 205 g/mol. The zero-order valence-corrected chi connectivity index (χ0v) is 7.90. The van der Waals surface area contributed by atoms with Crippen LogP contribution in [0, 0.1) is 0 Å². The lowest BCUT2D eigenvalue weighted by atomic mass is 10.2. The Bertz CT molecular complexity index is 238. The molecule has 1 rings (SSSR count). The molecule has 5 nitrogen and oxygen atoms in total. The van der Waals surface area contributed by atoms with E-state index in [1.807, 2.05) is 0 Å². The lowest BCUT2D eigenvalue weighted by Crippen LogP contribution is -2.00. The SMILES string of the molecule is Cl.O=C(O)CCCCn1ccnn1. The molecular formula is C7H12ClN3O2. The Hall–Kier alpha value is -1.10. The number of aromatic nitrogens is 3. The molecule has 1 aromatic rings. The molecule has 0 saturated heterocycles. The van der Waals surface area contributed by atoms with Crippen molar-refractivity contribution < 1.29 is 9.90 Å². The second kappa shape index (κ2) is 6.42. The number of carboxylic acids is 1. The van der Waals surface area contributed by atoms with Crippen molar-refractivity contribution >= 4 is 18.4 Å². The Morgan fingerprint density at radius 1 is 1.46 bits per heavy atom. The Kier molecular flexibility index (Phi) is 5.88. The molecule has 0 amide bonds. The zero-order valence-electron chi connectivity index (χ0n) is 7.09. The summed E-state index contributed by atoms with van der Waals surface area (Å²) in [6.07, 6.45) is 5.12. The highest BCUT2D eigenvalue weighted by atomic mass is 35.5. The molecule has 74 valence electrons. The average molecular weight is 206 g/mol. The van der Waals surface area contributed by atoms with E-state index in [-0.39, 0.29) is 18.8 Å². The molecule has 0 fully saturated rings. The highest BCUT2D eigenvalue weighted by Gasteiger charge is 1.96. The number of hydrogen-bond donors (Lipinski definition) is 1. The van der Waals surface area contributed by atoms with Gasteiger partial charge >= 0.3 is 5.97 Å². The molecule has 1 N–H and O–H groups in total. The van der Waals surface area contributed by atoms with Crippen molar-refractivity contribution in [1.29, 1.82) is 0 Å². The molecule has 0 spiro atoms. The van der Waals surface area contributed by atoms with Gasteiger partial charge < -0.3 is 5.11 Å². The standard InChI is InChI=1S/C7H11N3O2.ClH/c11-7(12)3-1-2-5-10-6-4-8-9-10;/h4,6H,1-3,5H2,(H,11,12);1H. The summed E-state index contributed by atoms with van der Waals surface area (Å²) < 4.78 is 1.70. The first-order valence-electron chi connectivity index (χ1n) is 3.85. The molecule has 0 aliphatic rings. The predicted octanol–water partition coefficient (Wildman–Crippen LogP) is 0.955. The van der Waals surface area contributed by atoms with E-state index in [4.69, 9.17) is 5.11 Å². The smallest absolute Gasteiger partial charge is 0.303 e. The molecule has 0 atom stereocenters. The molecular weight excluding hydrogens is 194 g/mol. The molecule has 0 aromatic carbocycles. The van der Waals surface area contributed by atoms with Gasteiger partial charge in [-0.3, -0.25) is 9.48 Å². The highest BCUT2D eigenvalue weighted by molar-refractivity contribution is 5.85. The minimum atomic E-state index is -0.742. The van der Waals surface area contributed by atoms with E-state index in [2.05, 4.69) is 10.3 Å². The maximum atomic E-state index is 10.1. The van der Waals surface area contributed by atoms with Crippen molar-refractivity contribution in [3.05, 3.63) is 12.4 Å². The maximum Gasteiger partial charge on any atom is 0.303 e. The number of carboxylic acid groups (broad SMARTS) is 1. The van der Waals surface area contributed by atoms with Crippen LogP contribution < -0.4 is 0 Å². The molecule has 0 aliphatic heterocycles. The number of aryl methyl sites for hydroxylation is 1. The Morgan fingerprint density at radius 3 is 2.77 bits per heavy atom. The summed E-state index contributed by atoms with van der Waals surface area (Å²) in [6.45, 7) is 0.743. The number of halogens is 1. The fourth-order valence-electron chi connectivity index (χ4n) is 0.902. The number of hydrogen-bond acceptors (Lipinski definition) is 3. The van der Waals surface area contributed by atoms with Crippen molar-refractivity contribution in [2.75, 3.05) is 0 Å². The summed E-state index contributed by atoms with van der Waals surface area (Å²) in [5.74, 6) is -0.742. The van der Waals surface area contributed by atoms with Gasteiger partial charge in [0.05, 0.1) is 6.20 Å². The molecule has 0 aliphatic carbocycles. The summed E-state index contributed by atoms with van der Waals surface area (Å²) in [4.78, 5) is 10.1. The fraction of sp³-hybridized carbons (Fsp3) is 0.571. The van der Waals surface area contributed by atoms with Crippen molar-refractivity contribution in [1.82, 2.24) is 15.0 Å². The molecule has 1 aromatic heterocycles. The third kappa shape index (κ3) is 5.19. The van der Waals surface area contributed by atoms with Crippen molar-refractivity contribution in [3.8, 4) is 0 Å². The van der Waals surface area contributed by atoms with E-state index in [1.54, 1.807) is 17.1 Å². The summed E-state index contributed by atoms with van der Waals surface area (Å²) in [6, 6.07) is 0. The second-order valence-electron chi connectivity index (χ2n) is 2.52. The van der Waals surface area contributed by atoms with Crippen LogP contribution in [0.5, 0.6) is 0 Å². The second-order valence-corrected chi connectivity index (χ2v) is 2.52. The third-order valence-electron chi connectivity index (χ3n) is 1.50. The van der Waals surface area contributed by atoms with Crippen LogP contribution in [0.15, 0.2) is 12.4 Å². The Morgan fingerprint density at radius 2 is 2.23 bits per heavy atom. The van der Waals surface area contributed by atoms with E-state index >= 15 is 0 Å². The van der Waals surface area contributed by atoms with E-state index in [1.165, 1.54) is 0 Å². The van der Waals surface area contributed by atoms with Crippen LogP contribution in [-0.4, -0.2) is 26.1 Å². The molecule has 0 radical (unpaired) electrons. The first-order chi connectivity index (χ1) is 5.79. The van der Waals surface area contributed by atoms with Gasteiger partial charge in [0.25, 0.3) is 0 Å². The first-order valence-corrected chi connectivity index (χ1v) is 3.85.